The molecule has 0 bridgehead atoms. The molecule has 0 saturated carbocycles. The van der Waals surface area contributed by atoms with Gasteiger partial charge in [-0.3, -0.25) is 4.99 Å². The summed E-state index contributed by atoms with van der Waals surface area (Å²) in [4.78, 5) is 4.79. The van der Waals surface area contributed by atoms with Gasteiger partial charge in [-0.25, -0.2) is 4.39 Å². The van der Waals surface area contributed by atoms with E-state index in [1.807, 2.05) is 20.1 Å². The van der Waals surface area contributed by atoms with E-state index >= 15 is 4.39 Å². The van der Waals surface area contributed by atoms with E-state index in [4.69, 9.17) is 4.99 Å². The normalized spacial score (nSPS) is 27.9. The lowest BCUT2D eigenvalue weighted by molar-refractivity contribution is 0.0925. The molecule has 0 N–H and O–H groups in total. The lowest BCUT2D eigenvalue weighted by Gasteiger charge is -2.42. The van der Waals surface area contributed by atoms with Crippen LogP contribution in [0, 0.1) is 38.0 Å². The predicted octanol–water partition coefficient (Wildman–Crippen LogP) is 8.56. The van der Waals surface area contributed by atoms with Crippen LogP contribution in [0.2, 0.25) is 0 Å². The molecule has 2 unspecified atom stereocenters. The van der Waals surface area contributed by atoms with Crippen LogP contribution in [-0.2, 0) is 0 Å². The van der Waals surface area contributed by atoms with Crippen LogP contribution in [-0.4, -0.2) is 11.9 Å². The fourth-order valence-electron chi connectivity index (χ4n) is 4.29. The third-order valence-electron chi connectivity index (χ3n) is 7.04. The summed E-state index contributed by atoms with van der Waals surface area (Å²) >= 11 is 0. The van der Waals surface area contributed by atoms with E-state index < -0.39 is 11.1 Å². The Balaban J connectivity index is 2.34. The van der Waals surface area contributed by atoms with Crippen molar-refractivity contribution >= 4 is 11.9 Å². The molecular weight excluding hydrogens is 369 g/mol. The van der Waals surface area contributed by atoms with Gasteiger partial charge < -0.3 is 0 Å². The Labute approximate surface area is 183 Å². The number of rotatable bonds is 4. The van der Waals surface area contributed by atoms with Crippen LogP contribution < -0.4 is 0 Å². The van der Waals surface area contributed by atoms with Gasteiger partial charge in [-0.2, -0.15) is 0 Å². The van der Waals surface area contributed by atoms with Gasteiger partial charge in [0.05, 0.1) is 5.69 Å². The van der Waals surface area contributed by atoms with Gasteiger partial charge in [0.25, 0.3) is 0 Å². The third kappa shape index (κ3) is 5.20. The summed E-state index contributed by atoms with van der Waals surface area (Å²) in [6.45, 7) is 20.6. The Bertz CT molecular complexity index is 865. The maximum Gasteiger partial charge on any atom is 0.137 e. The minimum absolute atomic E-state index is 0.152. The molecular formula is C28H40FN. The molecule has 2 heteroatoms. The van der Waals surface area contributed by atoms with Crippen molar-refractivity contribution in [1.29, 1.82) is 0 Å². The largest absolute Gasteiger partial charge is 0.260 e. The molecule has 164 valence electrons. The van der Waals surface area contributed by atoms with Crippen molar-refractivity contribution in [1.82, 2.24) is 0 Å². The second-order valence-electron chi connectivity index (χ2n) is 10.0. The van der Waals surface area contributed by atoms with Crippen LogP contribution in [0.3, 0.4) is 0 Å². The third-order valence-corrected chi connectivity index (χ3v) is 7.04. The number of halogens is 1. The zero-order valence-electron chi connectivity index (χ0n) is 20.3. The molecule has 0 spiro atoms. The summed E-state index contributed by atoms with van der Waals surface area (Å²) in [7, 11) is 0. The molecule has 0 heterocycles. The first-order valence-corrected chi connectivity index (χ1v) is 11.2. The average molecular weight is 410 g/mol. The van der Waals surface area contributed by atoms with Crippen molar-refractivity contribution in [2.75, 3.05) is 0 Å². The molecule has 2 rings (SSSR count). The predicted molar refractivity (Wildman–Crippen MR) is 131 cm³/mol. The maximum atomic E-state index is 16.1. The van der Waals surface area contributed by atoms with Crippen molar-refractivity contribution in [3.8, 4) is 0 Å². The van der Waals surface area contributed by atoms with Gasteiger partial charge in [0.15, 0.2) is 0 Å². The van der Waals surface area contributed by atoms with Crippen molar-refractivity contribution in [3.63, 3.8) is 0 Å². The summed E-state index contributed by atoms with van der Waals surface area (Å²) in [5.41, 5.74) is 4.50. The molecule has 0 aromatic heterocycles. The zero-order valence-corrected chi connectivity index (χ0v) is 20.3. The van der Waals surface area contributed by atoms with Crippen molar-refractivity contribution < 1.29 is 4.39 Å². The van der Waals surface area contributed by atoms with E-state index in [1.165, 1.54) is 22.3 Å². The van der Waals surface area contributed by atoms with Gasteiger partial charge in [-0.1, -0.05) is 70.2 Å². The quantitative estimate of drug-likeness (QED) is 0.349. The molecule has 1 aliphatic carbocycles. The Morgan fingerprint density at radius 1 is 1.13 bits per heavy atom. The van der Waals surface area contributed by atoms with Crippen molar-refractivity contribution in [3.05, 3.63) is 64.8 Å². The van der Waals surface area contributed by atoms with Crippen molar-refractivity contribution in [2.45, 2.75) is 80.3 Å². The highest BCUT2D eigenvalue weighted by atomic mass is 19.1. The molecule has 0 aliphatic heterocycles. The van der Waals surface area contributed by atoms with Crippen LogP contribution in [0.1, 0.15) is 70.6 Å². The number of hydrogen-bond acceptors (Lipinski definition) is 1. The molecule has 1 aromatic rings. The highest BCUT2D eigenvalue weighted by Gasteiger charge is 2.45. The molecule has 1 aliphatic rings. The summed E-state index contributed by atoms with van der Waals surface area (Å²) in [5, 5.41) is 0. The molecule has 30 heavy (non-hydrogen) atoms. The highest BCUT2D eigenvalue weighted by molar-refractivity contribution is 5.69. The van der Waals surface area contributed by atoms with Crippen LogP contribution in [0.5, 0.6) is 0 Å². The van der Waals surface area contributed by atoms with E-state index in [1.54, 1.807) is 6.92 Å². The summed E-state index contributed by atoms with van der Waals surface area (Å²) in [5.74, 6) is 0.517. The van der Waals surface area contributed by atoms with Crippen LogP contribution in [0.4, 0.5) is 10.1 Å². The fourth-order valence-corrected chi connectivity index (χ4v) is 4.29. The van der Waals surface area contributed by atoms with Gasteiger partial charge in [0.2, 0.25) is 0 Å². The molecule has 0 saturated heterocycles. The second kappa shape index (κ2) is 9.45. The van der Waals surface area contributed by atoms with E-state index in [-0.39, 0.29) is 5.92 Å². The monoisotopic (exact) mass is 409 g/mol. The molecule has 1 aromatic carbocycles. The summed E-state index contributed by atoms with van der Waals surface area (Å²) < 4.78 is 16.1. The SMILES string of the molecule is C=C1C(C(C)C)C/C=C\C/C(C/C=N\c2c(C)ccc(C)c2C)=C\C(C)(C)C1(C)F. The average Bonchev–Trinajstić information content (AvgIpc) is 2.65. The lowest BCUT2D eigenvalue weighted by atomic mass is 9.66. The number of aryl methyl sites for hydroxylation is 2. The molecule has 1 nitrogen and oxygen atoms in total. The van der Waals surface area contributed by atoms with E-state index in [2.05, 4.69) is 71.6 Å². The van der Waals surface area contributed by atoms with Gasteiger partial charge in [0.1, 0.15) is 5.67 Å². The topological polar surface area (TPSA) is 12.4 Å². The number of aliphatic imine (C=N–C) groups is 1. The van der Waals surface area contributed by atoms with Crippen LogP contribution >= 0.6 is 0 Å². The van der Waals surface area contributed by atoms with E-state index in [0.29, 0.717) is 11.5 Å². The highest BCUT2D eigenvalue weighted by Crippen LogP contribution is 2.47. The fraction of sp³-hybridized carbons (Fsp3) is 0.536. The second-order valence-corrected chi connectivity index (χ2v) is 10.0. The number of allylic oxidation sites excluding steroid dienone is 5. The number of hydrogen-bond donors (Lipinski definition) is 0. The van der Waals surface area contributed by atoms with E-state index in [9.17, 15) is 0 Å². The maximum absolute atomic E-state index is 16.1. The number of nitrogens with zero attached hydrogens (tertiary/aromatic N) is 1. The molecule has 0 radical (unpaired) electrons. The standard InChI is InChI=1S/C28H40FN/c1-19(2)25-13-11-10-12-24(18-27(7,8)28(9,29)23(25)6)16-17-30-26-21(4)15-14-20(3)22(26)5/h10-11,14-15,17-19,25H,6,12-13,16H2,1-5,7-9H3/b11-10-,24-18+,30-17-. The molecule has 0 fully saturated rings. The number of benzene rings is 1. The first-order valence-electron chi connectivity index (χ1n) is 11.2. The summed E-state index contributed by atoms with van der Waals surface area (Å²) in [6.07, 6.45) is 10.9. The Morgan fingerprint density at radius 2 is 1.77 bits per heavy atom. The smallest absolute Gasteiger partial charge is 0.137 e. The van der Waals surface area contributed by atoms with Gasteiger partial charge in [-0.15, -0.1) is 0 Å². The molecule has 2 atom stereocenters. The molecule has 0 amide bonds. The minimum Gasteiger partial charge on any atom is -0.260 e. The number of alkyl halides is 1. The Morgan fingerprint density at radius 3 is 2.40 bits per heavy atom. The first kappa shape index (κ1) is 24.3. The van der Waals surface area contributed by atoms with Crippen LogP contribution in [0.15, 0.2) is 53.1 Å². The van der Waals surface area contributed by atoms with Gasteiger partial charge >= 0.3 is 0 Å². The zero-order chi connectivity index (χ0) is 22.7. The lowest BCUT2D eigenvalue weighted by Crippen LogP contribution is -2.41. The van der Waals surface area contributed by atoms with Gasteiger partial charge in [0, 0.05) is 18.1 Å². The van der Waals surface area contributed by atoms with Crippen LogP contribution in [0.25, 0.3) is 0 Å². The Kier molecular flexibility index (Phi) is 7.66. The van der Waals surface area contributed by atoms with E-state index in [0.717, 1.165) is 24.9 Å². The Hall–Kier alpha value is -1.96. The summed E-state index contributed by atoms with van der Waals surface area (Å²) in [6, 6.07) is 4.26. The van der Waals surface area contributed by atoms with Crippen molar-refractivity contribution in [2.24, 2.45) is 22.2 Å². The van der Waals surface area contributed by atoms with Gasteiger partial charge in [-0.05, 0) is 74.6 Å². The minimum atomic E-state index is -1.47. The first-order chi connectivity index (χ1) is 13.9.